The number of carboxylic acid groups (broad SMARTS) is 1. The number of benzene rings is 1. The summed E-state index contributed by atoms with van der Waals surface area (Å²) < 4.78 is 16.2. The molecule has 0 radical (unpaired) electrons. The van der Waals surface area contributed by atoms with Crippen LogP contribution >= 0.6 is 0 Å². The van der Waals surface area contributed by atoms with Gasteiger partial charge in [0.2, 0.25) is 6.79 Å². The summed E-state index contributed by atoms with van der Waals surface area (Å²) in [6.07, 6.45) is 6.38. The highest BCUT2D eigenvalue weighted by molar-refractivity contribution is 5.92. The Hall–Kier alpha value is -3.36. The van der Waals surface area contributed by atoms with E-state index in [1.54, 1.807) is 25.4 Å². The van der Waals surface area contributed by atoms with E-state index in [0.717, 1.165) is 25.9 Å². The van der Waals surface area contributed by atoms with Gasteiger partial charge in [-0.3, -0.25) is 14.6 Å². The minimum atomic E-state index is -0.250. The fourth-order valence-electron chi connectivity index (χ4n) is 3.15. The number of rotatable bonds is 3. The Morgan fingerprint density at radius 1 is 1.18 bits per heavy atom. The SMILES string of the molecule is COc1cc2c(cc1-c1cncc(C(=O)N3CCCCC3)n1)OCO2.O=CO. The van der Waals surface area contributed by atoms with Crippen LogP contribution in [0.15, 0.2) is 24.5 Å². The van der Waals surface area contributed by atoms with E-state index in [-0.39, 0.29) is 19.2 Å². The van der Waals surface area contributed by atoms with Crippen molar-refractivity contribution in [2.24, 2.45) is 0 Å². The Balaban J connectivity index is 0.000000706. The molecule has 0 bridgehead atoms. The van der Waals surface area contributed by atoms with E-state index in [4.69, 9.17) is 24.1 Å². The molecule has 1 amide bonds. The zero-order valence-corrected chi connectivity index (χ0v) is 15.5. The lowest BCUT2D eigenvalue weighted by Crippen LogP contribution is -2.36. The summed E-state index contributed by atoms with van der Waals surface area (Å²) in [6, 6.07) is 3.57. The molecule has 28 heavy (non-hydrogen) atoms. The number of piperidine rings is 1. The molecule has 0 atom stereocenters. The van der Waals surface area contributed by atoms with Gasteiger partial charge in [-0.2, -0.15) is 0 Å². The molecular formula is C19H21N3O6. The lowest BCUT2D eigenvalue weighted by Gasteiger charge is -2.26. The number of aromatic nitrogens is 2. The monoisotopic (exact) mass is 387 g/mol. The number of carbonyl (C=O) groups excluding carboxylic acids is 1. The molecular weight excluding hydrogens is 366 g/mol. The molecule has 1 aromatic carbocycles. The molecule has 1 saturated heterocycles. The Labute approximate surface area is 161 Å². The first kappa shape index (κ1) is 19.4. The second kappa shape index (κ2) is 9.03. The highest BCUT2D eigenvalue weighted by atomic mass is 16.7. The Kier molecular flexibility index (Phi) is 6.25. The summed E-state index contributed by atoms with van der Waals surface area (Å²) in [7, 11) is 1.58. The smallest absolute Gasteiger partial charge is 0.290 e. The second-order valence-electron chi connectivity index (χ2n) is 6.15. The van der Waals surface area contributed by atoms with E-state index in [2.05, 4.69) is 9.97 Å². The number of carbonyl (C=O) groups is 2. The van der Waals surface area contributed by atoms with Gasteiger partial charge in [-0.05, 0) is 25.3 Å². The molecule has 2 aliphatic rings. The molecule has 3 heterocycles. The Bertz CT molecular complexity index is 852. The third-order valence-electron chi connectivity index (χ3n) is 4.47. The minimum Gasteiger partial charge on any atom is -0.496 e. The van der Waals surface area contributed by atoms with E-state index in [0.29, 0.717) is 34.2 Å². The first-order chi connectivity index (χ1) is 13.7. The lowest BCUT2D eigenvalue weighted by molar-refractivity contribution is -0.122. The zero-order chi connectivity index (χ0) is 19.9. The van der Waals surface area contributed by atoms with Crippen LogP contribution in [0.1, 0.15) is 29.8 Å². The van der Waals surface area contributed by atoms with E-state index in [9.17, 15) is 4.79 Å². The van der Waals surface area contributed by atoms with Gasteiger partial charge in [-0.1, -0.05) is 0 Å². The van der Waals surface area contributed by atoms with E-state index >= 15 is 0 Å². The lowest BCUT2D eigenvalue weighted by atomic mass is 10.1. The van der Waals surface area contributed by atoms with Crippen LogP contribution in [0, 0.1) is 0 Å². The Morgan fingerprint density at radius 3 is 2.54 bits per heavy atom. The van der Waals surface area contributed by atoms with Crippen molar-refractivity contribution in [3.05, 3.63) is 30.2 Å². The van der Waals surface area contributed by atoms with Crippen molar-refractivity contribution in [2.45, 2.75) is 19.3 Å². The van der Waals surface area contributed by atoms with E-state index in [1.807, 2.05) is 4.90 Å². The fraction of sp³-hybridized carbons (Fsp3) is 0.368. The molecule has 9 heteroatoms. The Morgan fingerprint density at radius 2 is 1.86 bits per heavy atom. The van der Waals surface area contributed by atoms with Crippen molar-refractivity contribution in [2.75, 3.05) is 27.0 Å². The topological polar surface area (TPSA) is 111 Å². The molecule has 0 spiro atoms. The number of ether oxygens (including phenoxy) is 3. The quantitative estimate of drug-likeness (QED) is 0.798. The van der Waals surface area contributed by atoms with Crippen LogP contribution in [0.25, 0.3) is 11.3 Å². The van der Waals surface area contributed by atoms with Crippen LogP contribution in [0.2, 0.25) is 0 Å². The van der Waals surface area contributed by atoms with Gasteiger partial charge in [-0.15, -0.1) is 0 Å². The van der Waals surface area contributed by atoms with Crippen LogP contribution in [0.4, 0.5) is 0 Å². The van der Waals surface area contributed by atoms with Gasteiger partial charge >= 0.3 is 0 Å². The zero-order valence-electron chi connectivity index (χ0n) is 15.5. The summed E-state index contributed by atoms with van der Waals surface area (Å²) in [4.78, 5) is 31.6. The van der Waals surface area contributed by atoms with Crippen molar-refractivity contribution < 1.29 is 28.9 Å². The number of likely N-dealkylation sites (tertiary alicyclic amines) is 1. The average Bonchev–Trinajstić information content (AvgIpc) is 3.21. The van der Waals surface area contributed by atoms with Crippen LogP contribution in [0.5, 0.6) is 17.2 Å². The van der Waals surface area contributed by atoms with E-state index in [1.165, 1.54) is 12.6 Å². The van der Waals surface area contributed by atoms with Crippen molar-refractivity contribution in [3.8, 4) is 28.5 Å². The number of nitrogens with zero attached hydrogens (tertiary/aromatic N) is 3. The maximum atomic E-state index is 12.7. The van der Waals surface area contributed by atoms with Crippen LogP contribution < -0.4 is 14.2 Å². The van der Waals surface area contributed by atoms with Crippen molar-refractivity contribution >= 4 is 12.4 Å². The molecule has 2 aliphatic heterocycles. The van der Waals surface area contributed by atoms with Crippen LogP contribution in [-0.4, -0.2) is 59.3 Å². The van der Waals surface area contributed by atoms with Gasteiger partial charge in [0, 0.05) is 24.7 Å². The maximum Gasteiger partial charge on any atom is 0.290 e. The summed E-state index contributed by atoms with van der Waals surface area (Å²) in [5.74, 6) is 1.79. The second-order valence-corrected chi connectivity index (χ2v) is 6.15. The van der Waals surface area contributed by atoms with Gasteiger partial charge < -0.3 is 24.2 Å². The first-order valence-electron chi connectivity index (χ1n) is 8.85. The molecule has 1 aromatic heterocycles. The van der Waals surface area contributed by atoms with Gasteiger partial charge in [0.15, 0.2) is 11.5 Å². The average molecular weight is 387 g/mol. The summed E-state index contributed by atoms with van der Waals surface area (Å²) >= 11 is 0. The molecule has 0 unspecified atom stereocenters. The van der Waals surface area contributed by atoms with Crippen molar-refractivity contribution in [1.82, 2.24) is 14.9 Å². The molecule has 2 aromatic rings. The first-order valence-corrected chi connectivity index (χ1v) is 8.85. The molecule has 0 saturated carbocycles. The van der Waals surface area contributed by atoms with Gasteiger partial charge in [0.25, 0.3) is 12.4 Å². The molecule has 1 fully saturated rings. The predicted octanol–water partition coefficient (Wildman–Crippen LogP) is 2.21. The molecule has 148 valence electrons. The van der Waals surface area contributed by atoms with Gasteiger partial charge in [0.1, 0.15) is 11.4 Å². The maximum absolute atomic E-state index is 12.7. The fourth-order valence-corrected chi connectivity index (χ4v) is 3.15. The van der Waals surface area contributed by atoms with Crippen molar-refractivity contribution in [3.63, 3.8) is 0 Å². The molecule has 0 aliphatic carbocycles. The van der Waals surface area contributed by atoms with E-state index < -0.39 is 0 Å². The third-order valence-corrected chi connectivity index (χ3v) is 4.47. The number of hydrogen-bond donors (Lipinski definition) is 1. The highest BCUT2D eigenvalue weighted by Crippen LogP contribution is 2.41. The summed E-state index contributed by atoms with van der Waals surface area (Å²) in [5.41, 5.74) is 1.63. The summed E-state index contributed by atoms with van der Waals surface area (Å²) in [6.45, 7) is 1.48. The number of fused-ring (bicyclic) bond motifs is 1. The minimum absolute atomic E-state index is 0.0752. The standard InChI is InChI=1S/C18H19N3O4.CH2O2/c1-23-15-8-17-16(24-11-25-17)7-12(15)13-9-19-10-14(20-13)18(22)21-5-3-2-4-6-21;2-1-3/h7-10H,2-6,11H2,1H3;1H,(H,2,3). The number of hydrogen-bond acceptors (Lipinski definition) is 7. The number of methoxy groups -OCH3 is 1. The number of amides is 1. The largest absolute Gasteiger partial charge is 0.496 e. The third kappa shape index (κ3) is 4.13. The molecule has 4 rings (SSSR count). The highest BCUT2D eigenvalue weighted by Gasteiger charge is 2.22. The van der Waals surface area contributed by atoms with Crippen LogP contribution in [0.3, 0.4) is 0 Å². The normalized spacial score (nSPS) is 14.7. The van der Waals surface area contributed by atoms with Crippen molar-refractivity contribution in [1.29, 1.82) is 0 Å². The predicted molar refractivity (Wildman–Crippen MR) is 98.6 cm³/mol. The van der Waals surface area contributed by atoms with Crippen LogP contribution in [-0.2, 0) is 4.79 Å². The van der Waals surface area contributed by atoms with Gasteiger partial charge in [0.05, 0.1) is 25.2 Å². The summed E-state index contributed by atoms with van der Waals surface area (Å²) in [5, 5.41) is 6.89. The molecule has 1 N–H and O–H groups in total. The molecule has 9 nitrogen and oxygen atoms in total. The van der Waals surface area contributed by atoms with Gasteiger partial charge in [-0.25, -0.2) is 4.98 Å².